The Labute approximate surface area is 146 Å². The van der Waals surface area contributed by atoms with Crippen molar-refractivity contribution < 1.29 is 9.53 Å². The Bertz CT molecular complexity index is 805. The van der Waals surface area contributed by atoms with Crippen molar-refractivity contribution in [3.63, 3.8) is 0 Å². The molecule has 126 valence electrons. The monoisotopic (exact) mass is 333 g/mol. The number of benzene rings is 2. The number of hydrogen-bond acceptors (Lipinski definition) is 4. The maximum atomic E-state index is 12.9. The van der Waals surface area contributed by atoms with Crippen molar-refractivity contribution in [2.75, 3.05) is 12.5 Å². The fourth-order valence-electron chi connectivity index (χ4n) is 2.37. The molecule has 2 aromatic carbocycles. The first-order valence-corrected chi connectivity index (χ1v) is 7.94. The lowest BCUT2D eigenvalue weighted by atomic mass is 10.2. The number of ether oxygens (including phenoxy) is 1. The van der Waals surface area contributed by atoms with Crippen LogP contribution in [0.5, 0.6) is 5.75 Å². The Kier molecular flexibility index (Phi) is 5.26. The van der Waals surface area contributed by atoms with E-state index < -0.39 is 0 Å². The summed E-state index contributed by atoms with van der Waals surface area (Å²) >= 11 is 0. The maximum absolute atomic E-state index is 12.9. The van der Waals surface area contributed by atoms with Gasteiger partial charge in [0.1, 0.15) is 11.4 Å². The lowest BCUT2D eigenvalue weighted by Crippen LogP contribution is -2.36. The zero-order chi connectivity index (χ0) is 17.5. The van der Waals surface area contributed by atoms with E-state index in [0.717, 1.165) is 17.0 Å². The number of aromatic nitrogens is 1. The first-order chi connectivity index (χ1) is 12.3. The minimum atomic E-state index is -0.194. The second-order valence-corrected chi connectivity index (χ2v) is 5.43. The van der Waals surface area contributed by atoms with Gasteiger partial charge >= 0.3 is 0 Å². The molecule has 0 saturated heterocycles. The van der Waals surface area contributed by atoms with Crippen LogP contribution in [0.1, 0.15) is 16.1 Å². The molecule has 0 radical (unpaired) electrons. The summed E-state index contributed by atoms with van der Waals surface area (Å²) in [6.07, 6.45) is 1.61. The minimum Gasteiger partial charge on any atom is -0.497 e. The second-order valence-electron chi connectivity index (χ2n) is 5.43. The van der Waals surface area contributed by atoms with Gasteiger partial charge in [0.15, 0.2) is 0 Å². The van der Waals surface area contributed by atoms with E-state index in [0.29, 0.717) is 12.2 Å². The van der Waals surface area contributed by atoms with Crippen molar-refractivity contribution in [1.29, 1.82) is 0 Å². The molecule has 1 aromatic heterocycles. The van der Waals surface area contributed by atoms with Gasteiger partial charge in [-0.3, -0.25) is 15.2 Å². The first-order valence-electron chi connectivity index (χ1n) is 7.94. The van der Waals surface area contributed by atoms with Crippen LogP contribution in [0.15, 0.2) is 79.0 Å². The number of nitrogens with one attached hydrogen (secondary N) is 1. The van der Waals surface area contributed by atoms with Crippen molar-refractivity contribution in [2.24, 2.45) is 0 Å². The van der Waals surface area contributed by atoms with Crippen LogP contribution in [-0.2, 0) is 6.54 Å². The van der Waals surface area contributed by atoms with Gasteiger partial charge in [-0.05, 0) is 42.0 Å². The highest BCUT2D eigenvalue weighted by Gasteiger charge is 2.17. The zero-order valence-corrected chi connectivity index (χ0v) is 13.9. The number of rotatable bonds is 6. The normalized spacial score (nSPS) is 10.1. The number of nitrogens with zero attached hydrogens (tertiary/aromatic N) is 2. The summed E-state index contributed by atoms with van der Waals surface area (Å²) in [5.41, 5.74) is 5.37. The number of hydrazine groups is 1. The van der Waals surface area contributed by atoms with Crippen molar-refractivity contribution >= 4 is 11.6 Å². The molecule has 0 fully saturated rings. The molecular weight excluding hydrogens is 314 g/mol. The van der Waals surface area contributed by atoms with Crippen molar-refractivity contribution in [1.82, 2.24) is 9.99 Å². The fourth-order valence-corrected chi connectivity index (χ4v) is 2.37. The van der Waals surface area contributed by atoms with Gasteiger partial charge in [-0.1, -0.05) is 36.4 Å². The van der Waals surface area contributed by atoms with Gasteiger partial charge in [-0.15, -0.1) is 0 Å². The number of methoxy groups -OCH3 is 1. The Morgan fingerprint density at radius 1 is 1.00 bits per heavy atom. The van der Waals surface area contributed by atoms with Crippen LogP contribution < -0.4 is 10.2 Å². The topological polar surface area (TPSA) is 54.5 Å². The summed E-state index contributed by atoms with van der Waals surface area (Å²) in [5, 5.41) is 1.56. The van der Waals surface area contributed by atoms with Crippen molar-refractivity contribution in [3.05, 3.63) is 90.3 Å². The average molecular weight is 333 g/mol. The average Bonchev–Trinajstić information content (AvgIpc) is 2.69. The van der Waals surface area contributed by atoms with Crippen LogP contribution >= 0.6 is 0 Å². The molecule has 0 spiro atoms. The van der Waals surface area contributed by atoms with E-state index in [-0.39, 0.29) is 5.91 Å². The number of pyridine rings is 1. The highest BCUT2D eigenvalue weighted by Crippen LogP contribution is 2.16. The molecule has 0 bridgehead atoms. The van der Waals surface area contributed by atoms with Crippen LogP contribution in [-0.4, -0.2) is 23.0 Å². The molecule has 3 aromatic rings. The molecule has 0 aliphatic heterocycles. The fraction of sp³-hybridized carbons (Fsp3) is 0.100. The van der Waals surface area contributed by atoms with E-state index in [1.807, 2.05) is 54.6 Å². The van der Waals surface area contributed by atoms with Gasteiger partial charge in [0.2, 0.25) is 0 Å². The minimum absolute atomic E-state index is 0.194. The van der Waals surface area contributed by atoms with Crippen LogP contribution in [0.25, 0.3) is 0 Å². The summed E-state index contributed by atoms with van der Waals surface area (Å²) in [6.45, 7) is 0.397. The van der Waals surface area contributed by atoms with E-state index in [1.165, 1.54) is 0 Å². The number of para-hydroxylation sites is 1. The molecule has 25 heavy (non-hydrogen) atoms. The molecule has 1 heterocycles. The van der Waals surface area contributed by atoms with Gasteiger partial charge in [-0.2, -0.15) is 0 Å². The maximum Gasteiger partial charge on any atom is 0.291 e. The zero-order valence-electron chi connectivity index (χ0n) is 13.9. The largest absolute Gasteiger partial charge is 0.497 e. The predicted molar refractivity (Wildman–Crippen MR) is 97.2 cm³/mol. The van der Waals surface area contributed by atoms with Crippen molar-refractivity contribution in [2.45, 2.75) is 6.54 Å². The molecular formula is C20H19N3O2. The van der Waals surface area contributed by atoms with Gasteiger partial charge in [-0.25, -0.2) is 5.01 Å². The van der Waals surface area contributed by atoms with Crippen molar-refractivity contribution in [3.8, 4) is 5.75 Å². The highest BCUT2D eigenvalue weighted by atomic mass is 16.5. The third kappa shape index (κ3) is 4.35. The molecule has 0 atom stereocenters. The summed E-state index contributed by atoms with van der Waals surface area (Å²) in [7, 11) is 1.63. The molecule has 3 rings (SSSR count). The summed E-state index contributed by atoms with van der Waals surface area (Å²) in [4.78, 5) is 17.0. The second kappa shape index (κ2) is 7.97. The summed E-state index contributed by atoms with van der Waals surface area (Å²) in [6, 6.07) is 22.5. The van der Waals surface area contributed by atoms with E-state index >= 15 is 0 Å². The first kappa shape index (κ1) is 16.5. The standard InChI is InChI=1S/C20H19N3O2/c1-25-18-12-10-16(11-13-18)15-23(22-17-7-3-2-4-8-17)20(24)19-9-5-6-14-21-19/h2-14,22H,15H2,1H3. The predicted octanol–water partition coefficient (Wildman–Crippen LogP) is 3.76. The Hall–Kier alpha value is -3.34. The third-order valence-electron chi connectivity index (χ3n) is 3.67. The van der Waals surface area contributed by atoms with Crippen LogP contribution in [0.4, 0.5) is 5.69 Å². The molecule has 0 saturated carbocycles. The van der Waals surface area contributed by atoms with Gasteiger partial charge < -0.3 is 4.74 Å². The summed E-state index contributed by atoms with van der Waals surface area (Å²) < 4.78 is 5.18. The highest BCUT2D eigenvalue weighted by molar-refractivity contribution is 5.93. The number of carbonyl (C=O) groups is 1. The van der Waals surface area contributed by atoms with Crippen LogP contribution in [0, 0.1) is 0 Å². The molecule has 0 aliphatic rings. The Morgan fingerprint density at radius 2 is 1.72 bits per heavy atom. The number of anilines is 1. The number of hydrogen-bond donors (Lipinski definition) is 1. The van der Waals surface area contributed by atoms with E-state index in [4.69, 9.17) is 4.74 Å². The molecule has 0 aliphatic carbocycles. The van der Waals surface area contributed by atoms with Gasteiger partial charge in [0, 0.05) is 6.20 Å². The number of carbonyl (C=O) groups excluding carboxylic acids is 1. The van der Waals surface area contributed by atoms with E-state index in [9.17, 15) is 4.79 Å². The quantitative estimate of drug-likeness (QED) is 0.698. The number of amides is 1. The molecule has 1 N–H and O–H groups in total. The SMILES string of the molecule is COc1ccc(CN(Nc2ccccc2)C(=O)c2ccccn2)cc1. The molecule has 0 unspecified atom stereocenters. The molecule has 5 nitrogen and oxygen atoms in total. The van der Waals surface area contributed by atoms with Crippen LogP contribution in [0.3, 0.4) is 0 Å². The lowest BCUT2D eigenvalue weighted by molar-refractivity contribution is 0.0777. The van der Waals surface area contributed by atoms with Gasteiger partial charge in [0.25, 0.3) is 5.91 Å². The molecule has 1 amide bonds. The van der Waals surface area contributed by atoms with E-state index in [1.54, 1.807) is 36.5 Å². The summed E-state index contributed by atoms with van der Waals surface area (Å²) in [5.74, 6) is 0.586. The van der Waals surface area contributed by atoms with E-state index in [2.05, 4.69) is 10.4 Å². The van der Waals surface area contributed by atoms with Crippen LogP contribution in [0.2, 0.25) is 0 Å². The third-order valence-corrected chi connectivity index (χ3v) is 3.67. The smallest absolute Gasteiger partial charge is 0.291 e. The Balaban J connectivity index is 1.84. The Morgan fingerprint density at radius 3 is 2.36 bits per heavy atom. The van der Waals surface area contributed by atoms with Gasteiger partial charge in [0.05, 0.1) is 19.3 Å². The molecule has 5 heteroatoms. The lowest BCUT2D eigenvalue weighted by Gasteiger charge is -2.24.